The van der Waals surface area contributed by atoms with Gasteiger partial charge in [-0.2, -0.15) is 0 Å². The van der Waals surface area contributed by atoms with Gasteiger partial charge in [-0.25, -0.2) is 0 Å². The Morgan fingerprint density at radius 1 is 1.40 bits per heavy atom. The van der Waals surface area contributed by atoms with E-state index in [2.05, 4.69) is 19.9 Å². The summed E-state index contributed by atoms with van der Waals surface area (Å²) in [6.07, 6.45) is 0. The van der Waals surface area contributed by atoms with Crippen LogP contribution in [0.3, 0.4) is 0 Å². The van der Waals surface area contributed by atoms with E-state index < -0.39 is 0 Å². The van der Waals surface area contributed by atoms with Crippen molar-refractivity contribution in [2.24, 2.45) is 0 Å². The third kappa shape index (κ3) is 1.75. The van der Waals surface area contributed by atoms with Crippen LogP contribution in [-0.2, 0) is 0 Å². The smallest absolute Gasteiger partial charge is 0.0942 e. The van der Waals surface area contributed by atoms with E-state index in [0.29, 0.717) is 5.02 Å². The number of nitrogens with two attached hydrogens (primary N) is 1. The monoisotopic (exact) mass is 236 g/mol. The molecule has 3 heteroatoms. The minimum absolute atomic E-state index is 0.699. The van der Waals surface area contributed by atoms with E-state index in [4.69, 9.17) is 17.3 Å². The van der Waals surface area contributed by atoms with Crippen LogP contribution < -0.4 is 5.73 Å². The van der Waals surface area contributed by atoms with Gasteiger partial charge in [-0.1, -0.05) is 23.7 Å². The van der Waals surface area contributed by atoms with Crippen molar-refractivity contribution >= 4 is 27.9 Å². The molecule has 0 amide bonds. The van der Waals surface area contributed by atoms with E-state index in [9.17, 15) is 0 Å². The van der Waals surface area contributed by atoms with Gasteiger partial charge in [0, 0.05) is 21.0 Å². The Bertz CT molecular complexity index is 502. The summed E-state index contributed by atoms with van der Waals surface area (Å²) in [4.78, 5) is 1.23. The number of hydrogen-bond donors (Lipinski definition) is 1. The van der Waals surface area contributed by atoms with Crippen LogP contribution in [0.5, 0.6) is 0 Å². The predicted octanol–water partition coefficient (Wildman–Crippen LogP) is 4.07. The molecule has 1 nitrogen and oxygen atoms in total. The van der Waals surface area contributed by atoms with Gasteiger partial charge in [0.15, 0.2) is 0 Å². The van der Waals surface area contributed by atoms with Gasteiger partial charge in [-0.3, -0.25) is 0 Å². The maximum atomic E-state index is 6.13. The molecule has 1 heterocycles. The molecular formula is C12H11ClNS. The third-order valence-corrected chi connectivity index (χ3v) is 3.82. The molecule has 0 fully saturated rings. The van der Waals surface area contributed by atoms with E-state index in [-0.39, 0.29) is 0 Å². The van der Waals surface area contributed by atoms with Gasteiger partial charge < -0.3 is 5.73 Å². The van der Waals surface area contributed by atoms with Crippen molar-refractivity contribution < 1.29 is 0 Å². The topological polar surface area (TPSA) is 26.0 Å². The second-order valence-corrected chi connectivity index (χ2v) is 5.08. The van der Waals surface area contributed by atoms with Crippen LogP contribution in [0.15, 0.2) is 18.2 Å². The van der Waals surface area contributed by atoms with E-state index in [1.165, 1.54) is 10.4 Å². The zero-order valence-electron chi connectivity index (χ0n) is 8.60. The minimum Gasteiger partial charge on any atom is -0.390 e. The maximum Gasteiger partial charge on any atom is 0.0942 e. The number of halogens is 1. The standard InChI is InChI=1S/C12H11ClNS/c1-7-8(2)15-12(14)11(7)9-5-3-4-6-10(9)13/h3-4,6H,14H2,1-2H3. The molecule has 0 aliphatic heterocycles. The Labute approximate surface area is 98.5 Å². The zero-order valence-corrected chi connectivity index (χ0v) is 10.2. The quantitative estimate of drug-likeness (QED) is 0.794. The van der Waals surface area contributed by atoms with E-state index in [0.717, 1.165) is 16.1 Å². The highest BCUT2D eigenvalue weighted by Gasteiger charge is 2.14. The molecule has 0 spiro atoms. The highest BCUT2D eigenvalue weighted by molar-refractivity contribution is 7.16. The van der Waals surface area contributed by atoms with E-state index in [1.807, 2.05) is 18.2 Å². The Morgan fingerprint density at radius 2 is 2.13 bits per heavy atom. The van der Waals surface area contributed by atoms with Gasteiger partial charge in [0.2, 0.25) is 0 Å². The van der Waals surface area contributed by atoms with Gasteiger partial charge in [-0.15, -0.1) is 11.3 Å². The second kappa shape index (κ2) is 3.87. The molecule has 2 rings (SSSR count). The highest BCUT2D eigenvalue weighted by atomic mass is 35.5. The van der Waals surface area contributed by atoms with Crippen molar-refractivity contribution in [3.8, 4) is 11.1 Å². The average Bonchev–Trinajstić information content (AvgIpc) is 2.43. The minimum atomic E-state index is 0.699. The third-order valence-electron chi connectivity index (χ3n) is 2.47. The van der Waals surface area contributed by atoms with Crippen molar-refractivity contribution in [3.63, 3.8) is 0 Å². The number of hydrogen-bond acceptors (Lipinski definition) is 2. The van der Waals surface area contributed by atoms with Gasteiger partial charge in [0.1, 0.15) is 0 Å². The molecule has 0 saturated heterocycles. The van der Waals surface area contributed by atoms with Crippen molar-refractivity contribution in [1.82, 2.24) is 0 Å². The maximum absolute atomic E-state index is 6.13. The Balaban J connectivity index is 2.69. The lowest BCUT2D eigenvalue weighted by Gasteiger charge is -2.04. The fourth-order valence-corrected chi connectivity index (χ4v) is 2.74. The molecule has 1 radical (unpaired) electrons. The zero-order chi connectivity index (χ0) is 11.0. The lowest BCUT2D eigenvalue weighted by molar-refractivity contribution is 1.43. The molecule has 1 aromatic carbocycles. The fourth-order valence-electron chi connectivity index (χ4n) is 1.57. The SMILES string of the molecule is Cc1sc(N)c(-c2[c]cccc2Cl)c1C. The van der Waals surface area contributed by atoms with Gasteiger partial charge in [0.25, 0.3) is 0 Å². The number of nitrogen functional groups attached to an aromatic ring is 1. The molecule has 77 valence electrons. The number of rotatable bonds is 1. The lowest BCUT2D eigenvalue weighted by atomic mass is 10.0. The summed E-state index contributed by atoms with van der Waals surface area (Å²) in [5, 5.41) is 1.51. The first-order chi connectivity index (χ1) is 7.11. The molecule has 15 heavy (non-hydrogen) atoms. The van der Waals surface area contributed by atoms with Crippen molar-refractivity contribution in [2.75, 3.05) is 5.73 Å². The molecular weight excluding hydrogens is 226 g/mol. The highest BCUT2D eigenvalue weighted by Crippen LogP contribution is 2.40. The first kappa shape index (κ1) is 10.5. The molecule has 1 aromatic heterocycles. The Kier molecular flexibility index (Phi) is 2.72. The summed E-state index contributed by atoms with van der Waals surface area (Å²) in [6, 6.07) is 8.73. The van der Waals surface area contributed by atoms with Crippen LogP contribution >= 0.6 is 22.9 Å². The molecule has 0 saturated carbocycles. The summed E-state index contributed by atoms with van der Waals surface area (Å²) in [5.74, 6) is 0. The van der Waals surface area contributed by atoms with Crippen LogP contribution in [0.2, 0.25) is 5.02 Å². The average molecular weight is 237 g/mol. The van der Waals surface area contributed by atoms with Crippen molar-refractivity contribution in [2.45, 2.75) is 13.8 Å². The van der Waals surface area contributed by atoms with Crippen LogP contribution in [0.25, 0.3) is 11.1 Å². The van der Waals surface area contributed by atoms with Gasteiger partial charge in [-0.05, 0) is 31.5 Å². The summed E-state index contributed by atoms with van der Waals surface area (Å²) < 4.78 is 0. The first-order valence-electron chi connectivity index (χ1n) is 4.63. The summed E-state index contributed by atoms with van der Waals surface area (Å²) in [6.45, 7) is 4.13. The molecule has 0 aliphatic carbocycles. The van der Waals surface area contributed by atoms with E-state index in [1.54, 1.807) is 11.3 Å². The Morgan fingerprint density at radius 3 is 2.67 bits per heavy atom. The first-order valence-corrected chi connectivity index (χ1v) is 5.82. The number of anilines is 1. The summed E-state index contributed by atoms with van der Waals surface area (Å²) >= 11 is 7.73. The van der Waals surface area contributed by atoms with Crippen molar-refractivity contribution in [3.05, 3.63) is 39.7 Å². The van der Waals surface area contributed by atoms with Gasteiger partial charge in [0.05, 0.1) is 5.00 Å². The molecule has 0 aliphatic rings. The normalized spacial score (nSPS) is 10.6. The van der Waals surface area contributed by atoms with Crippen LogP contribution in [0.1, 0.15) is 10.4 Å². The summed E-state index contributed by atoms with van der Waals surface area (Å²) in [7, 11) is 0. The second-order valence-electron chi connectivity index (χ2n) is 3.42. The van der Waals surface area contributed by atoms with Gasteiger partial charge >= 0.3 is 0 Å². The summed E-state index contributed by atoms with van der Waals surface area (Å²) in [5.41, 5.74) is 9.11. The lowest BCUT2D eigenvalue weighted by Crippen LogP contribution is -1.87. The molecule has 0 bridgehead atoms. The number of aryl methyl sites for hydroxylation is 1. The van der Waals surface area contributed by atoms with E-state index >= 15 is 0 Å². The van der Waals surface area contributed by atoms with Crippen LogP contribution in [0.4, 0.5) is 5.00 Å². The molecule has 2 N–H and O–H groups in total. The molecule has 0 unspecified atom stereocenters. The van der Waals surface area contributed by atoms with Crippen LogP contribution in [0, 0.1) is 19.9 Å². The fraction of sp³-hybridized carbons (Fsp3) is 0.167. The van der Waals surface area contributed by atoms with Crippen LogP contribution in [-0.4, -0.2) is 0 Å². The Hall–Kier alpha value is -0.990. The number of thiophene rings is 1. The largest absolute Gasteiger partial charge is 0.390 e. The number of benzene rings is 1. The van der Waals surface area contributed by atoms with Crippen molar-refractivity contribution in [1.29, 1.82) is 0 Å². The molecule has 2 aromatic rings. The predicted molar refractivity (Wildman–Crippen MR) is 67.5 cm³/mol. The molecule has 0 atom stereocenters.